The average molecular weight is 423 g/mol. The van der Waals surface area contributed by atoms with Crippen LogP contribution in [0.15, 0.2) is 0 Å². The van der Waals surface area contributed by atoms with Crippen molar-refractivity contribution in [3.05, 3.63) is 0 Å². The van der Waals surface area contributed by atoms with Gasteiger partial charge in [0.1, 0.15) is 6.17 Å². The van der Waals surface area contributed by atoms with E-state index in [4.69, 9.17) is 0 Å². The summed E-state index contributed by atoms with van der Waals surface area (Å²) in [4.78, 5) is 29.1. The number of fused-ring (bicyclic) bond motifs is 1. The maximum atomic E-state index is 14.4. The van der Waals surface area contributed by atoms with Gasteiger partial charge in [-0.05, 0) is 57.8 Å². The van der Waals surface area contributed by atoms with Crippen molar-refractivity contribution >= 4 is 11.8 Å². The molecule has 5 unspecified atom stereocenters. The summed E-state index contributed by atoms with van der Waals surface area (Å²) in [5.41, 5.74) is 0. The summed E-state index contributed by atoms with van der Waals surface area (Å²) in [6.45, 7) is 8.53. The van der Waals surface area contributed by atoms with Gasteiger partial charge in [0.15, 0.2) is 0 Å². The zero-order chi connectivity index (χ0) is 21.4. The fraction of sp³-hybridized carbons (Fsp3) is 0.913. The minimum absolute atomic E-state index is 0.0120. The fourth-order valence-corrected chi connectivity index (χ4v) is 6.50. The first-order valence-corrected chi connectivity index (χ1v) is 12.0. The second-order valence-electron chi connectivity index (χ2n) is 10.3. The summed E-state index contributed by atoms with van der Waals surface area (Å²) in [7, 11) is 0. The minimum Gasteiger partial charge on any atom is -0.352 e. The van der Waals surface area contributed by atoms with Crippen LogP contribution in [0.5, 0.6) is 0 Å². The van der Waals surface area contributed by atoms with Crippen molar-refractivity contribution in [2.45, 2.75) is 102 Å². The second-order valence-corrected chi connectivity index (χ2v) is 10.3. The van der Waals surface area contributed by atoms with E-state index in [1.54, 1.807) is 6.92 Å². The van der Waals surface area contributed by atoms with Crippen molar-refractivity contribution in [1.82, 2.24) is 20.4 Å². The number of hydrogen-bond acceptors (Lipinski definition) is 4. The van der Waals surface area contributed by atoms with E-state index in [1.807, 2.05) is 4.90 Å². The fourth-order valence-electron chi connectivity index (χ4n) is 6.50. The summed E-state index contributed by atoms with van der Waals surface area (Å²) >= 11 is 0. The first-order valence-electron chi connectivity index (χ1n) is 12.0. The van der Waals surface area contributed by atoms with E-state index in [0.29, 0.717) is 30.8 Å². The molecule has 4 fully saturated rings. The molecule has 2 amide bonds. The Hall–Kier alpha value is -1.21. The summed E-state index contributed by atoms with van der Waals surface area (Å²) in [5, 5.41) is 6.76. The lowest BCUT2D eigenvalue weighted by molar-refractivity contribution is -0.132. The third kappa shape index (κ3) is 4.52. The van der Waals surface area contributed by atoms with Crippen LogP contribution in [-0.2, 0) is 9.59 Å². The molecule has 8 atom stereocenters. The summed E-state index contributed by atoms with van der Waals surface area (Å²) in [6, 6.07) is 0.892. The molecule has 7 heteroatoms. The zero-order valence-corrected chi connectivity index (χ0v) is 18.8. The predicted molar refractivity (Wildman–Crippen MR) is 115 cm³/mol. The molecule has 2 saturated heterocycles. The Balaban J connectivity index is 1.30. The van der Waals surface area contributed by atoms with E-state index in [-0.39, 0.29) is 35.9 Å². The largest absolute Gasteiger partial charge is 0.352 e. The van der Waals surface area contributed by atoms with Gasteiger partial charge in [-0.2, -0.15) is 0 Å². The highest BCUT2D eigenvalue weighted by molar-refractivity contribution is 5.82. The van der Waals surface area contributed by atoms with Crippen molar-refractivity contribution in [3.8, 4) is 0 Å². The normalized spacial score (nSPS) is 42.6. The molecular weight excluding hydrogens is 383 g/mol. The maximum Gasteiger partial charge on any atom is 0.237 e. The molecule has 2 aliphatic heterocycles. The first kappa shape index (κ1) is 22.0. The first-order chi connectivity index (χ1) is 14.3. The number of rotatable bonds is 3. The molecule has 0 radical (unpaired) electrons. The van der Waals surface area contributed by atoms with Crippen LogP contribution in [0.4, 0.5) is 4.39 Å². The molecule has 0 spiro atoms. The predicted octanol–water partition coefficient (Wildman–Crippen LogP) is 2.08. The zero-order valence-electron chi connectivity index (χ0n) is 18.8. The number of amides is 2. The van der Waals surface area contributed by atoms with Gasteiger partial charge in [0.05, 0.1) is 6.04 Å². The smallest absolute Gasteiger partial charge is 0.237 e. The third-order valence-corrected chi connectivity index (χ3v) is 8.24. The van der Waals surface area contributed by atoms with E-state index >= 15 is 0 Å². The number of carbonyl (C=O) groups is 2. The number of halogens is 1. The van der Waals surface area contributed by atoms with Gasteiger partial charge < -0.3 is 15.5 Å². The van der Waals surface area contributed by atoms with Gasteiger partial charge in [0, 0.05) is 56.6 Å². The van der Waals surface area contributed by atoms with E-state index < -0.39 is 6.17 Å². The van der Waals surface area contributed by atoms with Crippen LogP contribution in [0, 0.1) is 11.8 Å². The lowest BCUT2D eigenvalue weighted by Gasteiger charge is -2.46. The van der Waals surface area contributed by atoms with E-state index in [2.05, 4.69) is 29.4 Å². The van der Waals surface area contributed by atoms with Gasteiger partial charge in [-0.25, -0.2) is 4.39 Å². The van der Waals surface area contributed by atoms with Crippen LogP contribution in [-0.4, -0.2) is 77.6 Å². The number of piperazine rings is 1. The molecule has 0 bridgehead atoms. The van der Waals surface area contributed by atoms with Crippen LogP contribution in [0.3, 0.4) is 0 Å². The Morgan fingerprint density at radius 2 is 1.87 bits per heavy atom. The number of hydrogen-bond donors (Lipinski definition) is 2. The Labute approximate surface area is 180 Å². The van der Waals surface area contributed by atoms with Crippen LogP contribution >= 0.6 is 0 Å². The SMILES string of the molecule is CC(=O)N1CCN([C@H]2CCC[C@@H](NC(=O)C3CC4C(F)CCC(C)C4N3)C2)[C@H](C)C1. The molecular formula is C23H39FN4O2. The van der Waals surface area contributed by atoms with Crippen LogP contribution in [0.2, 0.25) is 0 Å². The lowest BCUT2D eigenvalue weighted by Crippen LogP contribution is -2.58. The van der Waals surface area contributed by atoms with Gasteiger partial charge in [0.2, 0.25) is 11.8 Å². The van der Waals surface area contributed by atoms with Crippen molar-refractivity contribution in [1.29, 1.82) is 0 Å². The molecule has 170 valence electrons. The molecule has 2 aliphatic carbocycles. The number of nitrogens with zero attached hydrogens (tertiary/aromatic N) is 2. The summed E-state index contributed by atoms with van der Waals surface area (Å²) in [5.74, 6) is 0.643. The van der Waals surface area contributed by atoms with E-state index in [0.717, 1.165) is 51.7 Å². The molecule has 0 aromatic carbocycles. The minimum atomic E-state index is -0.772. The highest BCUT2D eigenvalue weighted by Crippen LogP contribution is 2.38. The van der Waals surface area contributed by atoms with Gasteiger partial charge in [0.25, 0.3) is 0 Å². The van der Waals surface area contributed by atoms with E-state index in [9.17, 15) is 14.0 Å². The summed E-state index contributed by atoms with van der Waals surface area (Å²) in [6.07, 6.45) is 5.66. The molecule has 6 nitrogen and oxygen atoms in total. The Morgan fingerprint density at radius 3 is 2.57 bits per heavy atom. The van der Waals surface area contributed by atoms with Crippen LogP contribution in [0.25, 0.3) is 0 Å². The number of alkyl halides is 1. The van der Waals surface area contributed by atoms with Crippen molar-refractivity contribution in [2.24, 2.45) is 11.8 Å². The topological polar surface area (TPSA) is 64.7 Å². The molecule has 0 aromatic heterocycles. The highest BCUT2D eigenvalue weighted by atomic mass is 19.1. The van der Waals surface area contributed by atoms with Crippen molar-refractivity contribution < 1.29 is 14.0 Å². The Morgan fingerprint density at radius 1 is 1.07 bits per heavy atom. The Bertz CT molecular complexity index is 629. The quantitative estimate of drug-likeness (QED) is 0.731. The summed E-state index contributed by atoms with van der Waals surface area (Å²) < 4.78 is 14.4. The van der Waals surface area contributed by atoms with Gasteiger partial charge >= 0.3 is 0 Å². The lowest BCUT2D eigenvalue weighted by atomic mass is 9.77. The number of nitrogens with one attached hydrogen (secondary N) is 2. The third-order valence-electron chi connectivity index (χ3n) is 8.24. The molecule has 2 saturated carbocycles. The molecule has 4 rings (SSSR count). The molecule has 0 aromatic rings. The van der Waals surface area contributed by atoms with Crippen molar-refractivity contribution in [3.63, 3.8) is 0 Å². The van der Waals surface area contributed by atoms with Gasteiger partial charge in [-0.1, -0.05) is 6.92 Å². The monoisotopic (exact) mass is 422 g/mol. The average Bonchev–Trinajstić information content (AvgIpc) is 3.18. The Kier molecular flexibility index (Phi) is 6.68. The highest BCUT2D eigenvalue weighted by Gasteiger charge is 2.46. The van der Waals surface area contributed by atoms with Gasteiger partial charge in [-0.15, -0.1) is 0 Å². The standard InChI is InChI=1S/C23H39FN4O2/c1-14-7-8-20(24)19-12-21(26-22(14)19)23(30)25-17-5-4-6-18(11-17)28-10-9-27(16(3)29)13-15(28)2/h14-15,17-22,26H,4-13H2,1-3H3,(H,25,30)/t14?,15-,17-,18+,19?,20?,21?,22?/m1/s1. The molecule has 4 aliphatic rings. The molecule has 2 N–H and O–H groups in total. The molecule has 30 heavy (non-hydrogen) atoms. The van der Waals surface area contributed by atoms with Crippen LogP contribution in [0.1, 0.15) is 65.7 Å². The van der Waals surface area contributed by atoms with E-state index in [1.165, 1.54) is 0 Å². The second kappa shape index (κ2) is 9.11. The van der Waals surface area contributed by atoms with Gasteiger partial charge in [-0.3, -0.25) is 14.5 Å². The van der Waals surface area contributed by atoms with Crippen molar-refractivity contribution in [2.75, 3.05) is 19.6 Å². The molecule has 2 heterocycles. The number of carbonyl (C=O) groups excluding carboxylic acids is 2. The maximum absolute atomic E-state index is 14.4. The van der Waals surface area contributed by atoms with Crippen LogP contribution < -0.4 is 10.6 Å².